The number of carbonyl (C=O) groups is 3. The summed E-state index contributed by atoms with van der Waals surface area (Å²) in [5.74, 6) is 5.35. The smallest absolute Gasteiger partial charge is 0.188 e. The number of hydrogen-bond acceptors (Lipinski definition) is 27. The van der Waals surface area contributed by atoms with Crippen LogP contribution in [0.5, 0.6) is 0 Å². The van der Waals surface area contributed by atoms with E-state index in [0.29, 0.717) is 105 Å². The molecule has 102 heavy (non-hydrogen) atoms. The Morgan fingerprint density at radius 2 is 0.755 bits per heavy atom. The van der Waals surface area contributed by atoms with Crippen molar-refractivity contribution in [2.24, 2.45) is 0 Å². The number of piperazine rings is 3. The number of carbonyl (C=O) groups excluding carboxylic acids is 3. The van der Waals surface area contributed by atoms with Crippen LogP contribution in [0.3, 0.4) is 0 Å². The molecule has 0 spiro atoms. The van der Waals surface area contributed by atoms with Crippen molar-refractivity contribution in [2.75, 3.05) is 144 Å². The van der Waals surface area contributed by atoms with E-state index in [1.54, 1.807) is 49.8 Å². The van der Waals surface area contributed by atoms with Gasteiger partial charge in [-0.3, -0.25) is 29.1 Å². The molecule has 0 unspecified atom stereocenters. The first kappa shape index (κ1) is 84.2. The second-order valence-electron chi connectivity index (χ2n) is 23.7. The number of aliphatic hydroxyl groups excluding tert-OH is 3. The van der Waals surface area contributed by atoms with E-state index in [-0.39, 0.29) is 115 Å². The topological polar surface area (TPSA) is 292 Å². The Hall–Kier alpha value is -5.11. The summed E-state index contributed by atoms with van der Waals surface area (Å²) < 4.78 is 0. The van der Waals surface area contributed by atoms with Crippen molar-refractivity contribution in [1.29, 1.82) is 0 Å². The molecule has 12 rings (SSSR count). The van der Waals surface area contributed by atoms with Gasteiger partial charge in [0.2, 0.25) is 0 Å². The SMILES string of the molecule is Cc1nc(Cl)cc(Nc2ncc(C(=O)Cc3c(C)cccc3Cl)s2)n1.Cc1nc(Nc2ncc(C(=O)Cc3c(C)cccc3Cl)s2)cc(N2CCN(CCO)CC2)n1.Cc1nc(Nc2ncc(C(=O)Cc3c(C)cccc3Cl)s2)cc(N2CCN(CCO)CC2)n1.OCCN1CCNCC1.[Y].[Y]. The van der Waals surface area contributed by atoms with Crippen molar-refractivity contribution in [3.05, 3.63) is 177 Å². The van der Waals surface area contributed by atoms with Crippen LogP contribution >= 0.6 is 80.4 Å². The molecule has 33 heteroatoms. The van der Waals surface area contributed by atoms with Gasteiger partial charge in [0.25, 0.3) is 0 Å². The van der Waals surface area contributed by atoms with Gasteiger partial charge in [-0.15, -0.1) is 0 Å². The van der Waals surface area contributed by atoms with Crippen LogP contribution in [-0.2, 0) is 84.7 Å². The van der Waals surface area contributed by atoms with Crippen molar-refractivity contribution in [2.45, 2.75) is 60.8 Å². The number of anilines is 8. The third-order valence-corrected chi connectivity index (χ3v) is 20.5. The number of benzene rings is 3. The molecule has 9 heterocycles. The van der Waals surface area contributed by atoms with Crippen LogP contribution < -0.4 is 31.1 Å². The van der Waals surface area contributed by atoms with Gasteiger partial charge in [-0.25, -0.2) is 44.9 Å². The number of halogens is 4. The van der Waals surface area contributed by atoms with E-state index in [0.717, 1.165) is 130 Å². The number of ketones is 3. The maximum absolute atomic E-state index is 12.8. The molecule has 3 aliphatic rings. The number of nitrogens with one attached hydrogen (secondary N) is 4. The molecule has 7 N–H and O–H groups in total. The molecule has 0 saturated carbocycles. The van der Waals surface area contributed by atoms with E-state index in [1.165, 1.54) is 34.0 Å². The molecule has 3 aliphatic heterocycles. The van der Waals surface area contributed by atoms with Gasteiger partial charge in [-0.05, 0) is 93.1 Å². The molecular weight excluding hydrogens is 1590 g/mol. The zero-order valence-corrected chi connectivity index (χ0v) is 68.9. The van der Waals surface area contributed by atoms with Crippen molar-refractivity contribution in [3.8, 4) is 0 Å². The first-order valence-corrected chi connectivity index (χ1v) is 36.6. The van der Waals surface area contributed by atoms with Crippen LogP contribution in [-0.4, -0.2) is 210 Å². The first-order chi connectivity index (χ1) is 48.2. The van der Waals surface area contributed by atoms with E-state index in [9.17, 15) is 14.4 Å². The van der Waals surface area contributed by atoms with Gasteiger partial charge in [0.05, 0.1) is 53.0 Å². The predicted octanol–water partition coefficient (Wildman–Crippen LogP) is 10.9. The van der Waals surface area contributed by atoms with Crippen molar-refractivity contribution < 1.29 is 95.1 Å². The molecule has 3 fully saturated rings. The first-order valence-electron chi connectivity index (χ1n) is 32.6. The van der Waals surface area contributed by atoms with E-state index in [4.69, 9.17) is 61.7 Å². The number of aryl methyl sites for hydroxylation is 6. The largest absolute Gasteiger partial charge is 0.395 e. The molecular formula is C69H82Cl4N18O6S3Y2. The molecule has 2 radical (unpaired) electrons. The number of rotatable bonds is 23. The molecule has 3 aromatic carbocycles. The minimum absolute atomic E-state index is 0. The standard InChI is InChI=1S/2C23H27ClN6O2S.C17H14Cl2N4OS.C6H14N2O.2Y/c2*1-15-4-3-5-18(24)17(15)12-19(32)20-14-25-23(33-20)28-21-13-22(27-16(2)26-21)30-8-6-29(7-9-30)10-11-31;1-9-4-3-5-12(18)11(9)6-13(24)14-8-20-17(25-14)23-16-7-15(19)21-10(2)22-16;9-6-5-8-3-1-7-2-4-8;;/h2*3-5,13-14,31H,6-12H2,1-2H3,(H,25,26,27,28);3-5,7-8H,6H2,1-2H3,(H,20,21,22,23);7,9H,1-6H2;;. The Balaban J connectivity index is 0.000000201. The maximum atomic E-state index is 12.8. The summed E-state index contributed by atoms with van der Waals surface area (Å²) in [5.41, 5.74) is 5.54. The number of aromatic nitrogens is 9. The molecule has 6 aromatic heterocycles. The van der Waals surface area contributed by atoms with Crippen molar-refractivity contribution in [1.82, 2.24) is 64.9 Å². The van der Waals surface area contributed by atoms with Gasteiger partial charge >= 0.3 is 0 Å². The maximum Gasteiger partial charge on any atom is 0.188 e. The van der Waals surface area contributed by atoms with E-state index >= 15 is 0 Å². The number of Topliss-reactive ketones (excluding diaryl/α,β-unsaturated/α-hetero) is 3. The molecule has 0 bridgehead atoms. The van der Waals surface area contributed by atoms with E-state index in [2.05, 4.69) is 90.6 Å². The monoisotopic (exact) mass is 1670 g/mol. The fourth-order valence-electron chi connectivity index (χ4n) is 11.0. The molecule has 536 valence electrons. The number of thiazole rings is 3. The number of β-amino-alcohol motifs (C(OH)–C–C–N with tert-alkyl or cyclic N) is 3. The van der Waals surface area contributed by atoms with Gasteiger partial charge in [-0.1, -0.05) is 117 Å². The zero-order valence-electron chi connectivity index (χ0n) is 57.7. The summed E-state index contributed by atoms with van der Waals surface area (Å²) >= 11 is 28.5. The Bertz CT molecular complexity index is 3950. The number of nitrogens with zero attached hydrogens (tertiary/aromatic N) is 14. The second kappa shape index (κ2) is 42.3. The van der Waals surface area contributed by atoms with Crippen molar-refractivity contribution >= 4 is 142 Å². The minimum Gasteiger partial charge on any atom is -0.395 e. The fraction of sp³-hybridized carbons (Fsp3) is 0.391. The quantitative estimate of drug-likeness (QED) is 0.0231. The molecule has 0 atom stereocenters. The summed E-state index contributed by atoms with van der Waals surface area (Å²) in [6.07, 6.45) is 5.47. The molecule has 0 amide bonds. The van der Waals surface area contributed by atoms with Gasteiger partial charge in [0.15, 0.2) is 32.7 Å². The van der Waals surface area contributed by atoms with Crippen LogP contribution in [0.4, 0.5) is 44.5 Å². The van der Waals surface area contributed by atoms with Gasteiger partial charge in [-0.2, -0.15) is 0 Å². The Kier molecular flexibility index (Phi) is 34.9. The average Bonchev–Trinajstić information content (AvgIpc) is 1.32. The predicted molar refractivity (Wildman–Crippen MR) is 402 cm³/mol. The number of aliphatic hydroxyl groups is 3. The molecule has 24 nitrogen and oxygen atoms in total. The third-order valence-electron chi connectivity index (χ3n) is 16.4. The average molecular weight is 1680 g/mol. The van der Waals surface area contributed by atoms with Crippen LogP contribution in [0.25, 0.3) is 0 Å². The van der Waals surface area contributed by atoms with E-state index in [1.807, 2.05) is 83.1 Å². The van der Waals surface area contributed by atoms with Gasteiger partial charge in [0.1, 0.15) is 51.7 Å². The van der Waals surface area contributed by atoms with Gasteiger partial charge in [0, 0.05) is 216 Å². The Labute approximate surface area is 677 Å². The summed E-state index contributed by atoms with van der Waals surface area (Å²) in [7, 11) is 0. The Morgan fingerprint density at radius 1 is 0.441 bits per heavy atom. The Morgan fingerprint density at radius 3 is 1.07 bits per heavy atom. The molecule has 3 saturated heterocycles. The minimum atomic E-state index is -0.0290. The van der Waals surface area contributed by atoms with Crippen molar-refractivity contribution in [3.63, 3.8) is 0 Å². The van der Waals surface area contributed by atoms with Crippen LogP contribution in [0.2, 0.25) is 20.2 Å². The van der Waals surface area contributed by atoms with Crippen LogP contribution in [0.15, 0.2) is 91.4 Å². The summed E-state index contributed by atoms with van der Waals surface area (Å²) in [5, 5.41) is 43.5. The van der Waals surface area contributed by atoms with Crippen LogP contribution in [0.1, 0.15) is 79.9 Å². The summed E-state index contributed by atoms with van der Waals surface area (Å²) in [4.78, 5) is 90.4. The van der Waals surface area contributed by atoms with Crippen LogP contribution in [0, 0.1) is 41.5 Å². The second-order valence-corrected chi connectivity index (χ2v) is 28.4. The third kappa shape index (κ3) is 25.6. The van der Waals surface area contributed by atoms with E-state index < -0.39 is 0 Å². The molecule has 0 aliphatic carbocycles. The number of hydrogen-bond donors (Lipinski definition) is 7. The zero-order chi connectivity index (χ0) is 71.2. The fourth-order valence-corrected chi connectivity index (χ4v) is 14.4. The van der Waals surface area contributed by atoms with Gasteiger partial charge < -0.3 is 46.4 Å². The molecule has 9 aromatic rings. The summed E-state index contributed by atoms with van der Waals surface area (Å²) in [6, 6.07) is 22.3. The summed E-state index contributed by atoms with van der Waals surface area (Å²) in [6.45, 7) is 25.4. The normalized spacial score (nSPS) is 14.0.